The van der Waals surface area contributed by atoms with Gasteiger partial charge in [-0.1, -0.05) is 32.9 Å². The first-order valence-electron chi connectivity index (χ1n) is 13.2. The van der Waals surface area contributed by atoms with Crippen LogP contribution in [0.3, 0.4) is 0 Å². The molecule has 0 radical (unpaired) electrons. The molecule has 218 valence electrons. The SMILES string of the molecule is COc1cc(N2C(=S)NC(c3ccccn3)C2c2cccn2-c2cccc(C(F)(F)F)c2)ccc1NC(=O)C(C)(C)C. The van der Waals surface area contributed by atoms with Gasteiger partial charge >= 0.3 is 6.18 Å². The number of nitrogens with one attached hydrogen (secondary N) is 2. The standard InChI is InChI=1S/C31H30F3N5O2S/c1-30(2,3)28(40)36-22-14-13-21(18-25(22)41-4)39-27(26(37-29(39)42)23-11-5-6-15-35-23)24-12-8-16-38(24)20-10-7-9-19(17-20)31(32,33)34/h5-18,26-27H,1-4H3,(H,36,40)(H,37,42). The Kier molecular flexibility index (Phi) is 7.72. The van der Waals surface area contributed by atoms with Gasteiger partial charge in [0, 0.05) is 40.9 Å². The number of thiocarbonyl (C=S) groups is 1. The van der Waals surface area contributed by atoms with Gasteiger partial charge in [-0.05, 0) is 66.8 Å². The zero-order chi connectivity index (χ0) is 30.2. The second kappa shape index (κ2) is 11.1. The maximum atomic E-state index is 13.6. The number of hydrogen-bond donors (Lipinski definition) is 2. The first-order chi connectivity index (χ1) is 19.9. The average molecular weight is 594 g/mol. The molecule has 1 saturated heterocycles. The Labute approximate surface area is 247 Å². The number of amides is 1. The number of nitrogens with zero attached hydrogens (tertiary/aromatic N) is 3. The lowest BCUT2D eigenvalue weighted by Crippen LogP contribution is -2.30. The maximum Gasteiger partial charge on any atom is 0.416 e. The molecule has 0 bridgehead atoms. The zero-order valence-corrected chi connectivity index (χ0v) is 24.3. The van der Waals surface area contributed by atoms with Crippen LogP contribution < -0.4 is 20.3 Å². The van der Waals surface area contributed by atoms with Crippen LogP contribution in [0.25, 0.3) is 5.69 Å². The van der Waals surface area contributed by atoms with Crippen LogP contribution in [0.5, 0.6) is 5.75 Å². The number of anilines is 2. The van der Waals surface area contributed by atoms with Gasteiger partial charge in [-0.15, -0.1) is 0 Å². The van der Waals surface area contributed by atoms with Gasteiger partial charge in [0.2, 0.25) is 5.91 Å². The minimum absolute atomic E-state index is 0.168. The largest absolute Gasteiger partial charge is 0.494 e. The number of benzene rings is 2. The van der Waals surface area contributed by atoms with E-state index in [1.165, 1.54) is 13.2 Å². The van der Waals surface area contributed by atoms with Crippen LogP contribution in [0.2, 0.25) is 0 Å². The molecule has 3 heterocycles. The van der Waals surface area contributed by atoms with E-state index < -0.39 is 29.2 Å². The average Bonchev–Trinajstić information content (AvgIpc) is 3.57. The number of pyridine rings is 1. The highest BCUT2D eigenvalue weighted by Crippen LogP contribution is 2.44. The van der Waals surface area contributed by atoms with Crippen molar-refractivity contribution in [3.63, 3.8) is 0 Å². The summed E-state index contributed by atoms with van der Waals surface area (Å²) in [7, 11) is 1.51. The van der Waals surface area contributed by atoms with Crippen molar-refractivity contribution >= 4 is 34.6 Å². The fourth-order valence-corrected chi connectivity index (χ4v) is 5.22. The Hall–Kier alpha value is -4.38. The number of alkyl halides is 3. The number of halogens is 3. The number of methoxy groups -OCH3 is 1. The van der Waals surface area contributed by atoms with Crippen LogP contribution >= 0.6 is 12.2 Å². The van der Waals surface area contributed by atoms with E-state index in [1.807, 2.05) is 56.0 Å². The van der Waals surface area contributed by atoms with E-state index in [0.717, 1.165) is 12.1 Å². The lowest BCUT2D eigenvalue weighted by molar-refractivity contribution is -0.137. The van der Waals surface area contributed by atoms with Gasteiger partial charge in [0.05, 0.1) is 30.1 Å². The van der Waals surface area contributed by atoms with Gasteiger partial charge < -0.3 is 24.8 Å². The Balaban J connectivity index is 1.62. The van der Waals surface area contributed by atoms with Gasteiger partial charge in [0.15, 0.2) is 5.11 Å². The predicted octanol–water partition coefficient (Wildman–Crippen LogP) is 7.06. The number of carbonyl (C=O) groups excluding carboxylic acids is 1. The van der Waals surface area contributed by atoms with Gasteiger partial charge in [-0.2, -0.15) is 13.2 Å². The van der Waals surface area contributed by atoms with Crippen molar-refractivity contribution in [1.29, 1.82) is 0 Å². The highest BCUT2D eigenvalue weighted by atomic mass is 32.1. The highest BCUT2D eigenvalue weighted by molar-refractivity contribution is 7.80. The molecule has 11 heteroatoms. The van der Waals surface area contributed by atoms with Crippen molar-refractivity contribution in [2.45, 2.75) is 39.0 Å². The number of rotatable bonds is 6. The van der Waals surface area contributed by atoms with Crippen molar-refractivity contribution in [3.05, 3.63) is 102 Å². The minimum Gasteiger partial charge on any atom is -0.494 e. The quantitative estimate of drug-likeness (QED) is 0.233. The molecule has 2 aromatic carbocycles. The second-order valence-corrected chi connectivity index (χ2v) is 11.3. The summed E-state index contributed by atoms with van der Waals surface area (Å²) < 4.78 is 48.1. The van der Waals surface area contributed by atoms with Gasteiger partial charge in [0.1, 0.15) is 11.8 Å². The second-order valence-electron chi connectivity index (χ2n) is 10.9. The summed E-state index contributed by atoms with van der Waals surface area (Å²) in [6.07, 6.45) is -1.07. The van der Waals surface area contributed by atoms with E-state index in [4.69, 9.17) is 17.0 Å². The van der Waals surface area contributed by atoms with Crippen LogP contribution in [0, 0.1) is 5.41 Å². The molecule has 0 spiro atoms. The molecule has 2 aromatic heterocycles. The summed E-state index contributed by atoms with van der Waals surface area (Å²) in [5.41, 5.74) is 1.59. The third-order valence-corrected chi connectivity index (χ3v) is 7.34. The molecular formula is C31H30F3N5O2S. The molecule has 1 aliphatic rings. The smallest absolute Gasteiger partial charge is 0.416 e. The lowest BCUT2D eigenvalue weighted by Gasteiger charge is -2.29. The normalized spacial score (nSPS) is 17.2. The van der Waals surface area contributed by atoms with E-state index in [9.17, 15) is 18.0 Å². The summed E-state index contributed by atoms with van der Waals surface area (Å²) in [4.78, 5) is 19.1. The summed E-state index contributed by atoms with van der Waals surface area (Å²) in [6, 6.07) is 18.8. The number of aromatic nitrogens is 2. The summed E-state index contributed by atoms with van der Waals surface area (Å²) in [5.74, 6) is 0.264. The predicted molar refractivity (Wildman–Crippen MR) is 160 cm³/mol. The Morgan fingerprint density at radius 2 is 1.79 bits per heavy atom. The topological polar surface area (TPSA) is 71.4 Å². The number of carbonyl (C=O) groups is 1. The third-order valence-electron chi connectivity index (χ3n) is 7.03. The maximum absolute atomic E-state index is 13.6. The lowest BCUT2D eigenvalue weighted by atomic mass is 9.95. The molecule has 2 unspecified atom stereocenters. The van der Waals surface area contributed by atoms with E-state index in [1.54, 1.807) is 41.2 Å². The molecule has 2 N–H and O–H groups in total. The van der Waals surface area contributed by atoms with Crippen molar-refractivity contribution in [3.8, 4) is 11.4 Å². The first kappa shape index (κ1) is 29.1. The van der Waals surface area contributed by atoms with Crippen LogP contribution in [0.1, 0.15) is 49.8 Å². The first-order valence-corrected chi connectivity index (χ1v) is 13.6. The highest BCUT2D eigenvalue weighted by Gasteiger charge is 2.42. The molecule has 1 fully saturated rings. The van der Waals surface area contributed by atoms with Crippen LogP contribution in [-0.2, 0) is 11.0 Å². The molecule has 0 aliphatic carbocycles. The molecule has 2 atom stereocenters. The van der Waals surface area contributed by atoms with E-state index in [-0.39, 0.29) is 5.91 Å². The molecular weight excluding hydrogens is 563 g/mol. The van der Waals surface area contributed by atoms with Crippen LogP contribution in [-0.4, -0.2) is 27.7 Å². The number of ether oxygens (including phenoxy) is 1. The fourth-order valence-electron chi connectivity index (χ4n) is 4.88. The van der Waals surface area contributed by atoms with Crippen molar-refractivity contribution in [2.24, 2.45) is 5.41 Å². The van der Waals surface area contributed by atoms with Crippen molar-refractivity contribution in [2.75, 3.05) is 17.3 Å². The Bertz CT molecular complexity index is 1610. The monoisotopic (exact) mass is 593 g/mol. The molecule has 1 aliphatic heterocycles. The van der Waals surface area contributed by atoms with Crippen molar-refractivity contribution < 1.29 is 22.7 Å². The molecule has 5 rings (SSSR count). The van der Waals surface area contributed by atoms with Crippen LogP contribution in [0.15, 0.2) is 85.2 Å². The Morgan fingerprint density at radius 3 is 2.45 bits per heavy atom. The van der Waals surface area contributed by atoms with E-state index >= 15 is 0 Å². The summed E-state index contributed by atoms with van der Waals surface area (Å²) in [5, 5.41) is 6.69. The molecule has 7 nitrogen and oxygen atoms in total. The minimum atomic E-state index is -4.48. The molecule has 42 heavy (non-hydrogen) atoms. The van der Waals surface area contributed by atoms with E-state index in [2.05, 4.69) is 15.6 Å². The van der Waals surface area contributed by atoms with Gasteiger partial charge in [-0.25, -0.2) is 0 Å². The number of hydrogen-bond acceptors (Lipinski definition) is 4. The van der Waals surface area contributed by atoms with Gasteiger partial charge in [0.25, 0.3) is 0 Å². The molecule has 0 saturated carbocycles. The van der Waals surface area contributed by atoms with Gasteiger partial charge in [-0.3, -0.25) is 9.78 Å². The third kappa shape index (κ3) is 5.69. The summed E-state index contributed by atoms with van der Waals surface area (Å²) in [6.45, 7) is 5.46. The molecule has 4 aromatic rings. The van der Waals surface area contributed by atoms with E-state index in [0.29, 0.717) is 39.3 Å². The summed E-state index contributed by atoms with van der Waals surface area (Å²) >= 11 is 5.83. The fraction of sp³-hybridized carbons (Fsp3) is 0.258. The Morgan fingerprint density at radius 1 is 1.00 bits per heavy atom. The van der Waals surface area contributed by atoms with Crippen molar-refractivity contribution in [1.82, 2.24) is 14.9 Å². The molecule has 1 amide bonds. The van der Waals surface area contributed by atoms with Crippen LogP contribution in [0.4, 0.5) is 24.5 Å². The zero-order valence-electron chi connectivity index (χ0n) is 23.4.